The van der Waals surface area contributed by atoms with Crippen molar-refractivity contribution in [1.29, 1.82) is 0 Å². The molecule has 0 bridgehead atoms. The number of nitrogens with one attached hydrogen (secondary N) is 1. The van der Waals surface area contributed by atoms with Crippen molar-refractivity contribution in [3.63, 3.8) is 0 Å². The second-order valence-electron chi connectivity index (χ2n) is 11.6. The number of aliphatic hydroxyl groups is 1. The van der Waals surface area contributed by atoms with Crippen LogP contribution in [-0.2, 0) is 18.6 Å². The Hall–Kier alpha value is -4.70. The zero-order valence-electron chi connectivity index (χ0n) is 24.2. The molecule has 1 aliphatic rings. The van der Waals surface area contributed by atoms with E-state index < -0.39 is 23.3 Å². The molecule has 220 valence electrons. The van der Waals surface area contributed by atoms with Gasteiger partial charge in [0.1, 0.15) is 23.1 Å². The first-order chi connectivity index (χ1) is 20.5. The monoisotopic (exact) mass is 582 g/mol. The molecule has 0 radical (unpaired) electrons. The number of hydrogen-bond acceptors (Lipinski definition) is 6. The summed E-state index contributed by atoms with van der Waals surface area (Å²) in [6.07, 6.45) is 5.26. The van der Waals surface area contributed by atoms with Crippen LogP contribution in [0.5, 0.6) is 0 Å². The van der Waals surface area contributed by atoms with Crippen LogP contribution in [0.15, 0.2) is 60.9 Å². The van der Waals surface area contributed by atoms with Gasteiger partial charge in [0.05, 0.1) is 46.2 Å². The maximum atomic E-state index is 14.4. The van der Waals surface area contributed by atoms with E-state index in [1.54, 1.807) is 43.1 Å². The fourth-order valence-electron chi connectivity index (χ4n) is 5.92. The molecule has 43 heavy (non-hydrogen) atoms. The minimum Gasteiger partial charge on any atom is -0.386 e. The molecule has 1 aliphatic carbocycles. The third-order valence-electron chi connectivity index (χ3n) is 8.08. The number of carbonyl (C=O) groups is 1. The van der Waals surface area contributed by atoms with Crippen molar-refractivity contribution in [2.24, 2.45) is 0 Å². The number of aromatic amines is 1. The number of amides is 1. The summed E-state index contributed by atoms with van der Waals surface area (Å²) in [7, 11) is 0. The van der Waals surface area contributed by atoms with E-state index in [9.17, 15) is 18.7 Å². The van der Waals surface area contributed by atoms with Crippen LogP contribution in [0.25, 0.3) is 22.2 Å². The molecule has 0 saturated carbocycles. The zero-order chi connectivity index (χ0) is 30.5. The second-order valence-corrected chi connectivity index (χ2v) is 11.6. The number of H-pyrrole nitrogens is 1. The lowest BCUT2D eigenvalue weighted by atomic mass is 9.83. The molecule has 10 heteroatoms. The molecule has 0 saturated heterocycles. The fraction of sp³-hybridized carbons (Fsp3) is 0.273. The molecular formula is C33H32F2N6O2. The Kier molecular flexibility index (Phi) is 7.17. The Morgan fingerprint density at radius 2 is 1.91 bits per heavy atom. The van der Waals surface area contributed by atoms with Crippen molar-refractivity contribution in [1.82, 2.24) is 24.8 Å². The van der Waals surface area contributed by atoms with E-state index in [2.05, 4.69) is 15.0 Å². The maximum absolute atomic E-state index is 14.4. The topological polar surface area (TPSA) is 121 Å². The number of nitrogens with zero attached hydrogens (tertiary/aromatic N) is 4. The van der Waals surface area contributed by atoms with Crippen LogP contribution in [0.3, 0.4) is 0 Å². The highest BCUT2D eigenvalue weighted by Crippen LogP contribution is 2.39. The first kappa shape index (κ1) is 28.4. The van der Waals surface area contributed by atoms with Gasteiger partial charge in [-0.3, -0.25) is 14.8 Å². The zero-order valence-corrected chi connectivity index (χ0v) is 24.2. The van der Waals surface area contributed by atoms with Gasteiger partial charge in [0.2, 0.25) is 0 Å². The van der Waals surface area contributed by atoms with Gasteiger partial charge in [-0.05, 0) is 93.1 Å². The maximum Gasteiger partial charge on any atom is 0.271 e. The molecule has 1 aromatic carbocycles. The number of nitrogens with two attached hydrogens (primary N) is 1. The molecule has 0 fully saturated rings. The Balaban J connectivity index is 1.41. The molecule has 0 spiro atoms. The third kappa shape index (κ3) is 5.34. The highest BCUT2D eigenvalue weighted by Gasteiger charge is 2.35. The number of halogens is 2. The van der Waals surface area contributed by atoms with E-state index in [1.807, 2.05) is 19.1 Å². The molecule has 4 heterocycles. The standard InChI is InChI=1S/C33H32F2N6O2/c1-18-14-25-26(40-31(18)36)15-27(39-25)32(42)41(28-9-4-6-21-22(33(2,3)43)12-13-37-30(21)28)17-20-11-10-19(16-38-20)29-23(34)7-5-8-24(29)35/h5,7-8,10-16,28,39,43H,4,6,9,17H2,1-3H3,(H2,36,40). The molecule has 0 aliphatic heterocycles. The van der Waals surface area contributed by atoms with Gasteiger partial charge in [-0.25, -0.2) is 13.8 Å². The van der Waals surface area contributed by atoms with Crippen LogP contribution in [0, 0.1) is 18.6 Å². The van der Waals surface area contributed by atoms with Crippen molar-refractivity contribution in [2.45, 2.75) is 58.2 Å². The predicted octanol–water partition coefficient (Wildman–Crippen LogP) is 6.14. The van der Waals surface area contributed by atoms with E-state index in [0.29, 0.717) is 40.2 Å². The summed E-state index contributed by atoms with van der Waals surface area (Å²) in [5, 5.41) is 10.9. The van der Waals surface area contributed by atoms with Crippen LogP contribution in [-0.4, -0.2) is 35.8 Å². The van der Waals surface area contributed by atoms with Crippen molar-refractivity contribution in [2.75, 3.05) is 5.73 Å². The minimum absolute atomic E-state index is 0.112. The number of aromatic nitrogens is 4. The number of nitrogen functional groups attached to an aromatic ring is 1. The van der Waals surface area contributed by atoms with Crippen LogP contribution in [0.1, 0.15) is 71.3 Å². The Morgan fingerprint density at radius 1 is 1.14 bits per heavy atom. The van der Waals surface area contributed by atoms with Crippen molar-refractivity contribution >= 4 is 22.8 Å². The molecule has 4 N–H and O–H groups in total. The molecule has 6 rings (SSSR count). The molecule has 1 amide bonds. The number of fused-ring (bicyclic) bond motifs is 2. The largest absolute Gasteiger partial charge is 0.386 e. The lowest BCUT2D eigenvalue weighted by Crippen LogP contribution is -2.38. The smallest absolute Gasteiger partial charge is 0.271 e. The van der Waals surface area contributed by atoms with Crippen LogP contribution in [0.4, 0.5) is 14.6 Å². The van der Waals surface area contributed by atoms with E-state index >= 15 is 0 Å². The van der Waals surface area contributed by atoms with Crippen LogP contribution in [0.2, 0.25) is 0 Å². The number of carbonyl (C=O) groups excluding carboxylic acids is 1. The summed E-state index contributed by atoms with van der Waals surface area (Å²) in [5.74, 6) is -1.25. The summed E-state index contributed by atoms with van der Waals surface area (Å²) < 4.78 is 28.8. The van der Waals surface area contributed by atoms with Crippen molar-refractivity contribution in [3.8, 4) is 11.1 Å². The molecule has 8 nitrogen and oxygen atoms in total. The molecular weight excluding hydrogens is 550 g/mol. The van der Waals surface area contributed by atoms with Gasteiger partial charge in [0.15, 0.2) is 0 Å². The van der Waals surface area contributed by atoms with E-state index in [-0.39, 0.29) is 18.0 Å². The Morgan fingerprint density at radius 3 is 2.60 bits per heavy atom. The Bertz CT molecular complexity index is 1790. The summed E-state index contributed by atoms with van der Waals surface area (Å²) in [4.78, 5) is 32.8. The number of benzene rings is 1. The summed E-state index contributed by atoms with van der Waals surface area (Å²) in [5.41, 5.74) is 10.5. The summed E-state index contributed by atoms with van der Waals surface area (Å²) in [6, 6.07) is 11.9. The number of aryl methyl sites for hydroxylation is 1. The van der Waals surface area contributed by atoms with Gasteiger partial charge in [-0.15, -0.1) is 0 Å². The lowest BCUT2D eigenvalue weighted by Gasteiger charge is -2.36. The number of anilines is 1. The molecule has 5 aromatic rings. The van der Waals surface area contributed by atoms with E-state index in [0.717, 1.165) is 35.2 Å². The fourth-order valence-corrected chi connectivity index (χ4v) is 5.92. The van der Waals surface area contributed by atoms with Gasteiger partial charge in [-0.2, -0.15) is 0 Å². The van der Waals surface area contributed by atoms with E-state index in [4.69, 9.17) is 10.7 Å². The normalized spacial score (nSPS) is 15.0. The van der Waals surface area contributed by atoms with Gasteiger partial charge >= 0.3 is 0 Å². The summed E-state index contributed by atoms with van der Waals surface area (Å²) in [6.45, 7) is 5.44. The van der Waals surface area contributed by atoms with Crippen LogP contribution < -0.4 is 5.73 Å². The first-order valence-electron chi connectivity index (χ1n) is 14.2. The van der Waals surface area contributed by atoms with Gasteiger partial charge in [0, 0.05) is 18.0 Å². The minimum atomic E-state index is -1.08. The SMILES string of the molecule is Cc1cc2[nH]c(C(=O)N(Cc3ccc(-c4c(F)cccc4F)cn3)C3CCCc4c(C(C)(C)O)ccnc43)cc2nc1N. The molecule has 1 atom stereocenters. The average molecular weight is 583 g/mol. The van der Waals surface area contributed by atoms with Crippen molar-refractivity contribution < 1.29 is 18.7 Å². The second kappa shape index (κ2) is 10.9. The number of rotatable bonds is 6. The number of pyridine rings is 3. The Labute approximate surface area is 247 Å². The average Bonchev–Trinajstić information content (AvgIpc) is 3.38. The van der Waals surface area contributed by atoms with Gasteiger partial charge in [-0.1, -0.05) is 12.1 Å². The van der Waals surface area contributed by atoms with Crippen molar-refractivity contribution in [3.05, 3.63) is 106 Å². The summed E-state index contributed by atoms with van der Waals surface area (Å²) >= 11 is 0. The quantitative estimate of drug-likeness (QED) is 0.221. The predicted molar refractivity (Wildman–Crippen MR) is 160 cm³/mol. The molecule has 1 unspecified atom stereocenters. The van der Waals surface area contributed by atoms with Gasteiger partial charge < -0.3 is 20.7 Å². The highest BCUT2D eigenvalue weighted by molar-refractivity contribution is 5.97. The highest BCUT2D eigenvalue weighted by atomic mass is 19.1. The first-order valence-corrected chi connectivity index (χ1v) is 14.2. The number of hydrogen-bond donors (Lipinski definition) is 3. The lowest BCUT2D eigenvalue weighted by molar-refractivity contribution is 0.0617. The third-order valence-corrected chi connectivity index (χ3v) is 8.08. The van der Waals surface area contributed by atoms with Crippen LogP contribution >= 0.6 is 0 Å². The van der Waals surface area contributed by atoms with E-state index in [1.165, 1.54) is 24.4 Å². The molecule has 4 aromatic heterocycles. The van der Waals surface area contributed by atoms with Gasteiger partial charge in [0.25, 0.3) is 5.91 Å².